The number of hydrogen-bond acceptors (Lipinski definition) is 6. The Hall–Kier alpha value is -1.24. The molecule has 2 N–H and O–H groups in total. The van der Waals surface area contributed by atoms with E-state index >= 15 is 0 Å². The molecule has 1 atom stereocenters. The van der Waals surface area contributed by atoms with Crippen LogP contribution in [0.2, 0.25) is 0 Å². The van der Waals surface area contributed by atoms with Gasteiger partial charge in [-0.3, -0.25) is 0 Å². The molecule has 3 rings (SSSR count). The first-order valence-corrected chi connectivity index (χ1v) is 8.28. The smallest absolute Gasteiger partial charge is 0.141 e. The van der Waals surface area contributed by atoms with Gasteiger partial charge in [0.05, 0.1) is 18.6 Å². The summed E-state index contributed by atoms with van der Waals surface area (Å²) in [6.45, 7) is 3.36. The van der Waals surface area contributed by atoms with Gasteiger partial charge in [-0.2, -0.15) is 0 Å². The minimum absolute atomic E-state index is 0.0505. The summed E-state index contributed by atoms with van der Waals surface area (Å²) >= 11 is 1.77. The lowest BCUT2D eigenvalue weighted by Gasteiger charge is -2.24. The van der Waals surface area contributed by atoms with Crippen LogP contribution < -0.4 is 4.90 Å². The van der Waals surface area contributed by atoms with Gasteiger partial charge in [-0.15, -0.1) is 11.3 Å². The molecule has 1 aliphatic carbocycles. The van der Waals surface area contributed by atoms with Gasteiger partial charge in [0.2, 0.25) is 0 Å². The number of aromatic nitrogens is 2. The second-order valence-corrected chi connectivity index (χ2v) is 6.75. The first-order chi connectivity index (χ1) is 10.2. The van der Waals surface area contributed by atoms with Crippen LogP contribution in [0.3, 0.4) is 0 Å². The Morgan fingerprint density at radius 1 is 1.29 bits per heavy atom. The lowest BCUT2D eigenvalue weighted by atomic mass is 9.89. The van der Waals surface area contributed by atoms with Crippen molar-refractivity contribution in [2.75, 3.05) is 31.2 Å². The molecule has 0 aliphatic heterocycles. The van der Waals surface area contributed by atoms with Gasteiger partial charge in [0.15, 0.2) is 0 Å². The van der Waals surface area contributed by atoms with E-state index in [1.165, 1.54) is 16.9 Å². The van der Waals surface area contributed by atoms with Gasteiger partial charge in [-0.25, -0.2) is 9.97 Å². The number of nitrogens with zero attached hydrogens (tertiary/aromatic N) is 3. The number of aliphatic hydroxyl groups excluding tert-OH is 2. The predicted molar refractivity (Wildman–Crippen MR) is 85.0 cm³/mol. The monoisotopic (exact) mass is 307 g/mol. The molecule has 2 heterocycles. The SMILES string of the molecule is CC1CCc2c(sc3ncnc(N(CCO)CCO)c23)C1. The molecule has 0 aromatic carbocycles. The van der Waals surface area contributed by atoms with Crippen LogP contribution in [0.25, 0.3) is 10.2 Å². The van der Waals surface area contributed by atoms with Gasteiger partial charge < -0.3 is 15.1 Å². The molecular weight excluding hydrogens is 286 g/mol. The summed E-state index contributed by atoms with van der Waals surface area (Å²) in [6, 6.07) is 0. The second-order valence-electron chi connectivity index (χ2n) is 5.66. The molecule has 2 aromatic rings. The van der Waals surface area contributed by atoms with Gasteiger partial charge in [-0.1, -0.05) is 6.92 Å². The van der Waals surface area contributed by atoms with Gasteiger partial charge in [0, 0.05) is 18.0 Å². The summed E-state index contributed by atoms with van der Waals surface area (Å²) in [7, 11) is 0. The van der Waals surface area contributed by atoms with Crippen molar-refractivity contribution in [1.82, 2.24) is 9.97 Å². The minimum Gasteiger partial charge on any atom is -0.395 e. The summed E-state index contributed by atoms with van der Waals surface area (Å²) in [4.78, 5) is 13.3. The fraction of sp³-hybridized carbons (Fsp3) is 0.600. The summed E-state index contributed by atoms with van der Waals surface area (Å²) in [5.74, 6) is 1.59. The maximum absolute atomic E-state index is 9.26. The van der Waals surface area contributed by atoms with Crippen molar-refractivity contribution in [2.24, 2.45) is 5.92 Å². The fourth-order valence-corrected chi connectivity index (χ4v) is 4.41. The zero-order valence-electron chi connectivity index (χ0n) is 12.2. The number of aliphatic hydroxyl groups is 2. The van der Waals surface area contributed by atoms with E-state index in [1.54, 1.807) is 17.7 Å². The number of rotatable bonds is 5. The molecule has 0 spiro atoms. The van der Waals surface area contributed by atoms with E-state index in [0.29, 0.717) is 13.1 Å². The molecule has 6 heteroatoms. The third kappa shape index (κ3) is 2.75. The zero-order chi connectivity index (χ0) is 14.8. The average molecular weight is 307 g/mol. The van der Waals surface area contributed by atoms with E-state index < -0.39 is 0 Å². The van der Waals surface area contributed by atoms with E-state index in [9.17, 15) is 10.2 Å². The molecule has 2 aromatic heterocycles. The molecule has 21 heavy (non-hydrogen) atoms. The molecule has 0 saturated carbocycles. The molecule has 0 saturated heterocycles. The van der Waals surface area contributed by atoms with Crippen LogP contribution >= 0.6 is 11.3 Å². The van der Waals surface area contributed by atoms with E-state index in [4.69, 9.17) is 0 Å². The quantitative estimate of drug-likeness (QED) is 0.878. The highest BCUT2D eigenvalue weighted by molar-refractivity contribution is 7.19. The van der Waals surface area contributed by atoms with Crippen molar-refractivity contribution in [3.8, 4) is 0 Å². The van der Waals surface area contributed by atoms with Crippen molar-refractivity contribution in [3.05, 3.63) is 16.8 Å². The Morgan fingerprint density at radius 2 is 2.05 bits per heavy atom. The number of hydrogen-bond donors (Lipinski definition) is 2. The molecule has 0 fully saturated rings. The van der Waals surface area contributed by atoms with E-state index in [2.05, 4.69) is 16.9 Å². The molecule has 5 nitrogen and oxygen atoms in total. The van der Waals surface area contributed by atoms with E-state index in [-0.39, 0.29) is 13.2 Å². The molecule has 1 unspecified atom stereocenters. The van der Waals surface area contributed by atoms with Crippen molar-refractivity contribution in [1.29, 1.82) is 0 Å². The van der Waals surface area contributed by atoms with Gasteiger partial charge >= 0.3 is 0 Å². The Balaban J connectivity index is 2.10. The predicted octanol–water partition coefficient (Wildman–Crippen LogP) is 1.61. The zero-order valence-corrected chi connectivity index (χ0v) is 13.1. The average Bonchev–Trinajstić information content (AvgIpc) is 2.84. The molecule has 114 valence electrons. The number of fused-ring (bicyclic) bond motifs is 3. The molecular formula is C15H21N3O2S. The Morgan fingerprint density at radius 3 is 2.76 bits per heavy atom. The van der Waals surface area contributed by atoms with Crippen molar-refractivity contribution < 1.29 is 10.2 Å². The van der Waals surface area contributed by atoms with E-state index in [0.717, 1.165) is 34.8 Å². The number of aryl methyl sites for hydroxylation is 1. The molecule has 0 radical (unpaired) electrons. The lowest BCUT2D eigenvalue weighted by molar-refractivity contribution is 0.281. The normalized spacial score (nSPS) is 18.0. The van der Waals surface area contributed by atoms with Gasteiger partial charge in [0.1, 0.15) is 17.0 Å². The Labute approximate surface area is 128 Å². The highest BCUT2D eigenvalue weighted by Crippen LogP contribution is 2.40. The summed E-state index contributed by atoms with van der Waals surface area (Å²) < 4.78 is 0. The second kappa shape index (κ2) is 6.25. The van der Waals surface area contributed by atoms with Crippen LogP contribution in [0.1, 0.15) is 23.8 Å². The topological polar surface area (TPSA) is 69.5 Å². The largest absolute Gasteiger partial charge is 0.395 e. The summed E-state index contributed by atoms with van der Waals surface area (Å²) in [6.07, 6.45) is 4.98. The van der Waals surface area contributed by atoms with Gasteiger partial charge in [-0.05, 0) is 30.7 Å². The van der Waals surface area contributed by atoms with Crippen molar-refractivity contribution in [3.63, 3.8) is 0 Å². The lowest BCUT2D eigenvalue weighted by Crippen LogP contribution is -2.30. The first kappa shape index (κ1) is 14.7. The summed E-state index contributed by atoms with van der Waals surface area (Å²) in [5, 5.41) is 19.6. The highest BCUT2D eigenvalue weighted by atomic mass is 32.1. The van der Waals surface area contributed by atoms with Crippen LogP contribution in [0, 0.1) is 5.92 Å². The molecule has 0 bridgehead atoms. The highest BCUT2D eigenvalue weighted by Gasteiger charge is 2.24. The summed E-state index contributed by atoms with van der Waals surface area (Å²) in [5.41, 5.74) is 1.38. The van der Waals surface area contributed by atoms with E-state index in [1.807, 2.05) is 4.90 Å². The number of anilines is 1. The molecule has 0 amide bonds. The third-order valence-electron chi connectivity index (χ3n) is 4.11. The van der Waals surface area contributed by atoms with Crippen LogP contribution in [0.4, 0.5) is 5.82 Å². The van der Waals surface area contributed by atoms with Crippen molar-refractivity contribution >= 4 is 27.4 Å². The Kier molecular flexibility index (Phi) is 4.37. The standard InChI is InChI=1S/C15H21N3O2S/c1-10-2-3-11-12(8-10)21-15-13(11)14(16-9-17-15)18(4-6-19)5-7-20/h9-10,19-20H,2-8H2,1H3. The first-order valence-electron chi connectivity index (χ1n) is 7.46. The fourth-order valence-electron chi connectivity index (χ4n) is 3.06. The van der Waals surface area contributed by atoms with Crippen LogP contribution in [0.15, 0.2) is 6.33 Å². The van der Waals surface area contributed by atoms with Crippen LogP contribution in [-0.2, 0) is 12.8 Å². The van der Waals surface area contributed by atoms with Gasteiger partial charge in [0.25, 0.3) is 0 Å². The number of thiophene rings is 1. The minimum atomic E-state index is 0.0505. The molecule has 1 aliphatic rings. The Bertz CT molecular complexity index is 623. The maximum Gasteiger partial charge on any atom is 0.141 e. The third-order valence-corrected chi connectivity index (χ3v) is 5.27. The maximum atomic E-state index is 9.26. The van der Waals surface area contributed by atoms with Crippen LogP contribution in [0.5, 0.6) is 0 Å². The van der Waals surface area contributed by atoms with Crippen LogP contribution in [-0.4, -0.2) is 46.5 Å². The van der Waals surface area contributed by atoms with Crippen molar-refractivity contribution in [2.45, 2.75) is 26.2 Å².